The summed E-state index contributed by atoms with van der Waals surface area (Å²) in [7, 11) is 0. The van der Waals surface area contributed by atoms with Crippen molar-refractivity contribution in [3.8, 4) is 0 Å². The van der Waals surface area contributed by atoms with Gasteiger partial charge < -0.3 is 11.1 Å². The van der Waals surface area contributed by atoms with Gasteiger partial charge in [-0.15, -0.1) is 0 Å². The lowest BCUT2D eigenvalue weighted by Gasteiger charge is -2.25. The van der Waals surface area contributed by atoms with Gasteiger partial charge in [-0.1, -0.05) is 49.4 Å². The van der Waals surface area contributed by atoms with Gasteiger partial charge in [-0.2, -0.15) is 0 Å². The first kappa shape index (κ1) is 14.5. The molecule has 1 aromatic carbocycles. The van der Waals surface area contributed by atoms with Gasteiger partial charge in [0.15, 0.2) is 0 Å². The van der Waals surface area contributed by atoms with Gasteiger partial charge in [0, 0.05) is 18.6 Å². The minimum Gasteiger partial charge on any atom is -0.329 e. The Labute approximate surface area is 117 Å². The van der Waals surface area contributed by atoms with Gasteiger partial charge in [-0.25, -0.2) is 0 Å². The normalized spacial score (nSPS) is 19.1. The topological polar surface area (TPSA) is 38.0 Å². The smallest absolute Gasteiger partial charge is 0.0449 e. The Morgan fingerprint density at radius 1 is 1.16 bits per heavy atom. The van der Waals surface area contributed by atoms with Crippen LogP contribution in [0, 0.1) is 13.8 Å². The van der Waals surface area contributed by atoms with Crippen molar-refractivity contribution in [3.05, 3.63) is 34.9 Å². The summed E-state index contributed by atoms with van der Waals surface area (Å²) < 4.78 is 0. The Bertz CT molecular complexity index is 392. The number of rotatable bonds is 4. The van der Waals surface area contributed by atoms with Gasteiger partial charge in [0.25, 0.3) is 0 Å². The summed E-state index contributed by atoms with van der Waals surface area (Å²) in [6.45, 7) is 5.02. The highest BCUT2D eigenvalue weighted by Gasteiger charge is 2.18. The molecule has 2 nitrogen and oxygen atoms in total. The van der Waals surface area contributed by atoms with Crippen LogP contribution >= 0.6 is 0 Å². The third-order valence-corrected chi connectivity index (χ3v) is 4.33. The van der Waals surface area contributed by atoms with Crippen molar-refractivity contribution in [2.24, 2.45) is 5.73 Å². The Balaban J connectivity index is 2.06. The molecule has 2 heteroatoms. The van der Waals surface area contributed by atoms with Crippen LogP contribution < -0.4 is 11.1 Å². The molecule has 0 aromatic heterocycles. The van der Waals surface area contributed by atoms with E-state index in [2.05, 4.69) is 37.4 Å². The molecular weight excluding hydrogens is 232 g/mol. The summed E-state index contributed by atoms with van der Waals surface area (Å²) in [6, 6.07) is 7.65. The maximum atomic E-state index is 6.01. The van der Waals surface area contributed by atoms with Gasteiger partial charge in [0.05, 0.1) is 0 Å². The Hall–Kier alpha value is -0.860. The summed E-state index contributed by atoms with van der Waals surface area (Å²) in [5.74, 6) is 0. The molecule has 2 rings (SSSR count). The summed E-state index contributed by atoms with van der Waals surface area (Å²) in [6.07, 6.45) is 8.14. The summed E-state index contributed by atoms with van der Waals surface area (Å²) in [5, 5.41) is 3.80. The lowest BCUT2D eigenvalue weighted by molar-refractivity contribution is 0.401. The van der Waals surface area contributed by atoms with Crippen molar-refractivity contribution >= 4 is 0 Å². The highest BCUT2D eigenvalue weighted by molar-refractivity contribution is 5.33. The van der Waals surface area contributed by atoms with Crippen molar-refractivity contribution in [2.45, 2.75) is 64.5 Å². The maximum Gasteiger partial charge on any atom is 0.0449 e. The molecule has 1 atom stereocenters. The summed E-state index contributed by atoms with van der Waals surface area (Å²) in [5.41, 5.74) is 10.1. The third-order valence-electron chi connectivity index (χ3n) is 4.33. The molecule has 0 amide bonds. The van der Waals surface area contributed by atoms with Crippen LogP contribution in [-0.4, -0.2) is 12.6 Å². The molecule has 106 valence electrons. The Morgan fingerprint density at radius 2 is 1.84 bits per heavy atom. The zero-order chi connectivity index (χ0) is 13.7. The molecule has 1 unspecified atom stereocenters. The molecule has 0 aliphatic heterocycles. The summed E-state index contributed by atoms with van der Waals surface area (Å²) >= 11 is 0. The van der Waals surface area contributed by atoms with Crippen LogP contribution in [0.15, 0.2) is 18.2 Å². The second-order valence-corrected chi connectivity index (χ2v) is 6.00. The fourth-order valence-corrected chi connectivity index (χ4v) is 3.23. The molecule has 0 radical (unpaired) electrons. The van der Waals surface area contributed by atoms with Gasteiger partial charge in [0.2, 0.25) is 0 Å². The fraction of sp³-hybridized carbons (Fsp3) is 0.647. The highest BCUT2D eigenvalue weighted by atomic mass is 15.0. The van der Waals surface area contributed by atoms with Crippen LogP contribution in [-0.2, 0) is 0 Å². The van der Waals surface area contributed by atoms with Crippen LogP contribution in [0.4, 0.5) is 0 Å². The van der Waals surface area contributed by atoms with E-state index in [1.54, 1.807) is 0 Å². The van der Waals surface area contributed by atoms with Crippen LogP contribution in [0.5, 0.6) is 0 Å². The average Bonchev–Trinajstić information content (AvgIpc) is 2.65. The minimum absolute atomic E-state index is 0.309. The SMILES string of the molecule is Cc1ccc(C(CN)NC2CCCCCC2)c(C)c1. The standard InChI is InChI=1S/C17H28N2/c1-13-9-10-16(14(2)11-13)17(12-18)19-15-7-5-3-4-6-8-15/h9-11,15,17,19H,3-8,12,18H2,1-2H3. The number of hydrogen-bond donors (Lipinski definition) is 2. The molecule has 3 N–H and O–H groups in total. The minimum atomic E-state index is 0.309. The predicted molar refractivity (Wildman–Crippen MR) is 82.3 cm³/mol. The van der Waals surface area contributed by atoms with Crippen molar-refractivity contribution in [1.82, 2.24) is 5.32 Å². The zero-order valence-electron chi connectivity index (χ0n) is 12.4. The molecule has 0 heterocycles. The highest BCUT2D eigenvalue weighted by Crippen LogP contribution is 2.23. The number of aryl methyl sites for hydroxylation is 2. The van der Waals surface area contributed by atoms with Crippen LogP contribution in [0.25, 0.3) is 0 Å². The first-order chi connectivity index (χ1) is 9.20. The Morgan fingerprint density at radius 3 is 2.42 bits per heavy atom. The van der Waals surface area contributed by atoms with Crippen LogP contribution in [0.3, 0.4) is 0 Å². The van der Waals surface area contributed by atoms with E-state index in [9.17, 15) is 0 Å². The number of hydrogen-bond acceptors (Lipinski definition) is 2. The van der Waals surface area contributed by atoms with E-state index >= 15 is 0 Å². The van der Waals surface area contributed by atoms with Gasteiger partial charge >= 0.3 is 0 Å². The van der Waals surface area contributed by atoms with Gasteiger partial charge in [-0.3, -0.25) is 0 Å². The van der Waals surface area contributed by atoms with E-state index < -0.39 is 0 Å². The van der Waals surface area contributed by atoms with E-state index in [0.717, 1.165) is 0 Å². The molecule has 19 heavy (non-hydrogen) atoms. The monoisotopic (exact) mass is 260 g/mol. The lowest BCUT2D eigenvalue weighted by Crippen LogP contribution is -2.36. The summed E-state index contributed by atoms with van der Waals surface area (Å²) in [4.78, 5) is 0. The van der Waals surface area contributed by atoms with Gasteiger partial charge in [0.1, 0.15) is 0 Å². The second-order valence-electron chi connectivity index (χ2n) is 6.00. The van der Waals surface area contributed by atoms with Crippen molar-refractivity contribution in [1.29, 1.82) is 0 Å². The number of benzene rings is 1. The third kappa shape index (κ3) is 4.05. The first-order valence-corrected chi connectivity index (χ1v) is 7.74. The molecular formula is C17H28N2. The fourth-order valence-electron chi connectivity index (χ4n) is 3.23. The molecule has 0 bridgehead atoms. The van der Waals surface area contributed by atoms with E-state index in [4.69, 9.17) is 5.73 Å². The van der Waals surface area contributed by atoms with Crippen LogP contribution in [0.2, 0.25) is 0 Å². The van der Waals surface area contributed by atoms with Crippen molar-refractivity contribution in [3.63, 3.8) is 0 Å². The number of nitrogens with one attached hydrogen (secondary N) is 1. The van der Waals surface area contributed by atoms with Crippen LogP contribution in [0.1, 0.15) is 61.3 Å². The van der Waals surface area contributed by atoms with E-state index in [0.29, 0.717) is 18.6 Å². The molecule has 0 spiro atoms. The van der Waals surface area contributed by atoms with E-state index in [1.807, 2.05) is 0 Å². The first-order valence-electron chi connectivity index (χ1n) is 7.74. The van der Waals surface area contributed by atoms with E-state index in [1.165, 1.54) is 55.2 Å². The van der Waals surface area contributed by atoms with Crippen molar-refractivity contribution < 1.29 is 0 Å². The predicted octanol–water partition coefficient (Wildman–Crippen LogP) is 3.62. The molecule has 0 saturated heterocycles. The van der Waals surface area contributed by atoms with Gasteiger partial charge in [-0.05, 0) is 37.8 Å². The maximum absolute atomic E-state index is 6.01. The average molecular weight is 260 g/mol. The number of nitrogens with two attached hydrogens (primary N) is 1. The largest absolute Gasteiger partial charge is 0.329 e. The molecule has 1 aliphatic rings. The molecule has 1 fully saturated rings. The Kier molecular flexibility index (Phi) is 5.41. The van der Waals surface area contributed by atoms with E-state index in [-0.39, 0.29) is 0 Å². The lowest BCUT2D eigenvalue weighted by atomic mass is 9.97. The second kappa shape index (κ2) is 7.06. The van der Waals surface area contributed by atoms with Crippen molar-refractivity contribution in [2.75, 3.05) is 6.54 Å². The zero-order valence-corrected chi connectivity index (χ0v) is 12.4. The quantitative estimate of drug-likeness (QED) is 0.812. The molecule has 1 aromatic rings. The molecule has 1 aliphatic carbocycles. The molecule has 1 saturated carbocycles.